The van der Waals surface area contributed by atoms with Crippen LogP contribution in [0.2, 0.25) is 5.02 Å². The summed E-state index contributed by atoms with van der Waals surface area (Å²) in [6.45, 7) is 1.61. The van der Waals surface area contributed by atoms with Crippen LogP contribution in [0.15, 0.2) is 23.1 Å². The van der Waals surface area contributed by atoms with Gasteiger partial charge in [0.25, 0.3) is 5.91 Å². The van der Waals surface area contributed by atoms with E-state index in [4.69, 9.17) is 16.7 Å². The van der Waals surface area contributed by atoms with Gasteiger partial charge in [0, 0.05) is 11.4 Å². The highest BCUT2D eigenvalue weighted by molar-refractivity contribution is 7.98. The van der Waals surface area contributed by atoms with Crippen molar-refractivity contribution in [1.82, 2.24) is 5.32 Å². The van der Waals surface area contributed by atoms with Crippen molar-refractivity contribution in [3.05, 3.63) is 28.8 Å². The van der Waals surface area contributed by atoms with Crippen molar-refractivity contribution < 1.29 is 14.7 Å². The van der Waals surface area contributed by atoms with E-state index in [0.29, 0.717) is 10.6 Å². The summed E-state index contributed by atoms with van der Waals surface area (Å²) in [6.07, 6.45) is 1.90. The van der Waals surface area contributed by atoms with Gasteiger partial charge in [0.15, 0.2) is 0 Å². The summed E-state index contributed by atoms with van der Waals surface area (Å²) in [4.78, 5) is 23.4. The summed E-state index contributed by atoms with van der Waals surface area (Å²) < 4.78 is 0. The van der Waals surface area contributed by atoms with E-state index in [1.165, 1.54) is 18.7 Å². The van der Waals surface area contributed by atoms with Gasteiger partial charge in [-0.2, -0.15) is 0 Å². The first kappa shape index (κ1) is 14.9. The first-order chi connectivity index (χ1) is 8.45. The molecule has 0 aliphatic rings. The number of hydrogen-bond donors (Lipinski definition) is 2. The molecule has 0 heterocycles. The molecule has 0 saturated carbocycles. The van der Waals surface area contributed by atoms with Gasteiger partial charge in [-0.25, -0.2) is 0 Å². The standard InChI is InChI=1S/C12H14ClNO3S/c1-7(12(16)17)6-14-11(15)9-5-8(18-2)3-4-10(9)13/h3-5,7H,6H2,1-2H3,(H,14,15)(H,16,17). The fourth-order valence-electron chi connectivity index (χ4n) is 1.23. The Balaban J connectivity index is 2.75. The third kappa shape index (κ3) is 3.92. The van der Waals surface area contributed by atoms with Crippen LogP contribution < -0.4 is 5.32 Å². The van der Waals surface area contributed by atoms with Crippen LogP contribution in [-0.4, -0.2) is 29.8 Å². The third-order valence-corrected chi connectivity index (χ3v) is 3.46. The van der Waals surface area contributed by atoms with Crippen LogP contribution in [-0.2, 0) is 4.79 Å². The SMILES string of the molecule is CSc1ccc(Cl)c(C(=O)NCC(C)C(=O)O)c1. The lowest BCUT2D eigenvalue weighted by Gasteiger charge is -2.10. The molecule has 6 heteroatoms. The molecule has 0 aliphatic heterocycles. The number of hydrogen-bond acceptors (Lipinski definition) is 3. The molecule has 1 amide bonds. The Morgan fingerprint density at radius 3 is 2.72 bits per heavy atom. The van der Waals surface area contributed by atoms with Gasteiger partial charge in [-0.1, -0.05) is 18.5 Å². The molecule has 0 radical (unpaired) electrons. The number of rotatable bonds is 5. The zero-order chi connectivity index (χ0) is 13.7. The summed E-state index contributed by atoms with van der Waals surface area (Å²) in [5.41, 5.74) is 0.362. The second kappa shape index (κ2) is 6.66. The molecule has 0 saturated heterocycles. The van der Waals surface area contributed by atoms with Crippen molar-refractivity contribution in [2.45, 2.75) is 11.8 Å². The van der Waals surface area contributed by atoms with E-state index >= 15 is 0 Å². The molecule has 0 fully saturated rings. The number of carbonyl (C=O) groups is 2. The number of benzene rings is 1. The topological polar surface area (TPSA) is 66.4 Å². The molecule has 1 aromatic rings. The van der Waals surface area contributed by atoms with Crippen LogP contribution >= 0.6 is 23.4 Å². The van der Waals surface area contributed by atoms with Crippen molar-refractivity contribution in [2.75, 3.05) is 12.8 Å². The Bertz CT molecular complexity index is 465. The van der Waals surface area contributed by atoms with Gasteiger partial charge in [-0.05, 0) is 24.5 Å². The molecule has 18 heavy (non-hydrogen) atoms. The Morgan fingerprint density at radius 1 is 1.50 bits per heavy atom. The predicted octanol–water partition coefficient (Wildman–Crippen LogP) is 2.51. The van der Waals surface area contributed by atoms with Gasteiger partial charge < -0.3 is 10.4 Å². The van der Waals surface area contributed by atoms with Crippen LogP contribution in [0.4, 0.5) is 0 Å². The van der Waals surface area contributed by atoms with Crippen LogP contribution in [0.1, 0.15) is 17.3 Å². The van der Waals surface area contributed by atoms with Gasteiger partial charge in [0.2, 0.25) is 0 Å². The Hall–Kier alpha value is -1.20. The molecule has 1 atom stereocenters. The molecule has 98 valence electrons. The van der Waals surface area contributed by atoms with E-state index in [1.54, 1.807) is 12.1 Å². The molecule has 0 aromatic heterocycles. The highest BCUT2D eigenvalue weighted by Gasteiger charge is 2.15. The fraction of sp³-hybridized carbons (Fsp3) is 0.333. The minimum atomic E-state index is -0.945. The predicted molar refractivity (Wildman–Crippen MR) is 72.4 cm³/mol. The summed E-state index contributed by atoms with van der Waals surface area (Å²) >= 11 is 7.45. The van der Waals surface area contributed by atoms with Crippen molar-refractivity contribution in [2.24, 2.45) is 5.92 Å². The minimum absolute atomic E-state index is 0.0774. The van der Waals surface area contributed by atoms with E-state index in [-0.39, 0.29) is 12.5 Å². The van der Waals surface area contributed by atoms with Crippen LogP contribution in [0, 0.1) is 5.92 Å². The molecule has 1 aromatic carbocycles. The summed E-state index contributed by atoms with van der Waals surface area (Å²) in [6, 6.07) is 5.17. The fourth-order valence-corrected chi connectivity index (χ4v) is 1.88. The molecule has 0 spiro atoms. The summed E-state index contributed by atoms with van der Waals surface area (Å²) in [7, 11) is 0. The molecule has 0 aliphatic carbocycles. The zero-order valence-corrected chi connectivity index (χ0v) is 11.6. The quantitative estimate of drug-likeness (QED) is 0.817. The van der Waals surface area contributed by atoms with Crippen molar-refractivity contribution in [3.8, 4) is 0 Å². The second-order valence-corrected chi connectivity index (χ2v) is 5.08. The highest BCUT2D eigenvalue weighted by atomic mass is 35.5. The third-order valence-electron chi connectivity index (χ3n) is 2.41. The number of halogens is 1. The number of carboxylic acids is 1. The number of amides is 1. The van der Waals surface area contributed by atoms with E-state index in [2.05, 4.69) is 5.32 Å². The van der Waals surface area contributed by atoms with Gasteiger partial charge in [0.05, 0.1) is 16.5 Å². The van der Waals surface area contributed by atoms with Crippen LogP contribution in [0.5, 0.6) is 0 Å². The van der Waals surface area contributed by atoms with Crippen molar-refractivity contribution in [3.63, 3.8) is 0 Å². The normalized spacial score (nSPS) is 11.9. The number of carboxylic acid groups (broad SMARTS) is 1. The molecule has 1 rings (SSSR count). The number of nitrogens with one attached hydrogen (secondary N) is 1. The van der Waals surface area contributed by atoms with Crippen molar-refractivity contribution in [1.29, 1.82) is 0 Å². The number of carbonyl (C=O) groups excluding carboxylic acids is 1. The average molecular weight is 288 g/mol. The minimum Gasteiger partial charge on any atom is -0.481 e. The molecule has 1 unspecified atom stereocenters. The zero-order valence-electron chi connectivity index (χ0n) is 10.1. The van der Waals surface area contributed by atoms with E-state index in [1.807, 2.05) is 12.3 Å². The van der Waals surface area contributed by atoms with Gasteiger partial charge in [0.1, 0.15) is 0 Å². The summed E-state index contributed by atoms with van der Waals surface area (Å²) in [5, 5.41) is 11.6. The van der Waals surface area contributed by atoms with Crippen LogP contribution in [0.25, 0.3) is 0 Å². The Morgan fingerprint density at radius 2 is 2.17 bits per heavy atom. The maximum atomic E-state index is 11.9. The largest absolute Gasteiger partial charge is 0.481 e. The van der Waals surface area contributed by atoms with Gasteiger partial charge in [-0.15, -0.1) is 11.8 Å². The maximum absolute atomic E-state index is 11.9. The van der Waals surface area contributed by atoms with E-state index in [9.17, 15) is 9.59 Å². The molecule has 2 N–H and O–H groups in total. The molecular formula is C12H14ClNO3S. The lowest BCUT2D eigenvalue weighted by Crippen LogP contribution is -2.31. The van der Waals surface area contributed by atoms with E-state index in [0.717, 1.165) is 4.90 Å². The van der Waals surface area contributed by atoms with E-state index < -0.39 is 11.9 Å². The smallest absolute Gasteiger partial charge is 0.308 e. The van der Waals surface area contributed by atoms with Crippen LogP contribution in [0.3, 0.4) is 0 Å². The maximum Gasteiger partial charge on any atom is 0.308 e. The number of thioether (sulfide) groups is 1. The first-order valence-corrected chi connectivity index (χ1v) is 6.90. The lowest BCUT2D eigenvalue weighted by molar-refractivity contribution is -0.140. The summed E-state index contributed by atoms with van der Waals surface area (Å²) in [5.74, 6) is -1.93. The molecule has 4 nitrogen and oxygen atoms in total. The molecular weight excluding hydrogens is 274 g/mol. The second-order valence-electron chi connectivity index (χ2n) is 3.80. The van der Waals surface area contributed by atoms with Gasteiger partial charge in [-0.3, -0.25) is 9.59 Å². The van der Waals surface area contributed by atoms with Crippen molar-refractivity contribution >= 4 is 35.2 Å². The monoisotopic (exact) mass is 287 g/mol. The Labute approximate surface area is 115 Å². The lowest BCUT2D eigenvalue weighted by atomic mass is 10.1. The highest BCUT2D eigenvalue weighted by Crippen LogP contribution is 2.22. The molecule has 0 bridgehead atoms. The Kier molecular flexibility index (Phi) is 5.50. The number of aliphatic carboxylic acids is 1. The average Bonchev–Trinajstić information content (AvgIpc) is 2.35. The first-order valence-electron chi connectivity index (χ1n) is 5.30. The van der Waals surface area contributed by atoms with Gasteiger partial charge >= 0.3 is 5.97 Å².